The van der Waals surface area contributed by atoms with Crippen LogP contribution in [-0.2, 0) is 9.47 Å². The Hall–Kier alpha value is 0.610. The summed E-state index contributed by atoms with van der Waals surface area (Å²) in [5.41, 5.74) is 0. The summed E-state index contributed by atoms with van der Waals surface area (Å²) in [6, 6.07) is 0. The molecule has 0 saturated carbocycles. The summed E-state index contributed by atoms with van der Waals surface area (Å²) in [6.45, 7) is 2.46. The molecule has 1 N–H and O–H groups in total. The second-order valence-corrected chi connectivity index (χ2v) is 2.61. The third kappa shape index (κ3) is 2.79. The summed E-state index contributed by atoms with van der Waals surface area (Å²) in [5.74, 6) is 0. The fraction of sp³-hybridized carbons (Fsp3) is 1.00. The molecule has 1 rings (SSSR count). The van der Waals surface area contributed by atoms with Crippen LogP contribution in [0.25, 0.3) is 0 Å². The lowest BCUT2D eigenvalue weighted by Gasteiger charge is -2.05. The third-order valence-electron chi connectivity index (χ3n) is 1.17. The summed E-state index contributed by atoms with van der Waals surface area (Å²) in [7, 11) is 0. The van der Waals surface area contributed by atoms with Crippen molar-refractivity contribution in [2.45, 2.75) is 12.7 Å². The molecule has 0 amide bonds. The lowest BCUT2D eigenvalue weighted by atomic mass is 10.4. The van der Waals surface area contributed by atoms with Gasteiger partial charge in [0.2, 0.25) is 0 Å². The largest absolute Gasteiger partial charge is 0.350 e. The Morgan fingerprint density at radius 1 is 1.44 bits per heavy atom. The zero-order chi connectivity index (χ0) is 6.53. The van der Waals surface area contributed by atoms with Gasteiger partial charge in [0.1, 0.15) is 0 Å². The second-order valence-electron chi connectivity index (χ2n) is 1.84. The van der Waals surface area contributed by atoms with Gasteiger partial charge in [-0.1, -0.05) is 0 Å². The summed E-state index contributed by atoms with van der Waals surface area (Å²) in [6.07, 6.45) is 0.996. The van der Waals surface area contributed by atoms with Gasteiger partial charge in [-0.25, -0.2) is 0 Å². The molecule has 54 valence electrons. The standard InChI is InChI=1S/C5H10INO2/c6-7-2-1-5-8-3-4-9-5/h5,7H,1-4H2. The average Bonchev–Trinajstić information content (AvgIpc) is 2.34. The summed E-state index contributed by atoms with van der Waals surface area (Å²) >= 11 is 2.11. The fourth-order valence-corrected chi connectivity index (χ4v) is 1.06. The van der Waals surface area contributed by atoms with Crippen molar-refractivity contribution in [1.82, 2.24) is 3.53 Å². The van der Waals surface area contributed by atoms with Crippen LogP contribution in [0.4, 0.5) is 0 Å². The van der Waals surface area contributed by atoms with E-state index in [1.165, 1.54) is 0 Å². The Kier molecular flexibility index (Phi) is 3.80. The van der Waals surface area contributed by atoms with Gasteiger partial charge in [0, 0.05) is 35.8 Å². The topological polar surface area (TPSA) is 30.5 Å². The van der Waals surface area contributed by atoms with Crippen LogP contribution in [0.15, 0.2) is 0 Å². The van der Waals surface area contributed by atoms with Gasteiger partial charge < -0.3 is 9.47 Å². The molecule has 0 aliphatic carbocycles. The van der Waals surface area contributed by atoms with E-state index in [0.29, 0.717) is 0 Å². The van der Waals surface area contributed by atoms with Crippen molar-refractivity contribution in [3.05, 3.63) is 0 Å². The molecule has 0 spiro atoms. The molecule has 1 aliphatic heterocycles. The highest BCUT2D eigenvalue weighted by atomic mass is 127. The first-order chi connectivity index (χ1) is 4.43. The molecule has 0 atom stereocenters. The zero-order valence-corrected chi connectivity index (χ0v) is 7.26. The van der Waals surface area contributed by atoms with E-state index in [-0.39, 0.29) is 6.29 Å². The first-order valence-corrected chi connectivity index (χ1v) is 4.08. The van der Waals surface area contributed by atoms with Gasteiger partial charge in [-0.3, -0.25) is 3.53 Å². The van der Waals surface area contributed by atoms with Gasteiger partial charge >= 0.3 is 0 Å². The molecular formula is C5H10INO2. The molecule has 0 unspecified atom stereocenters. The van der Waals surface area contributed by atoms with Crippen LogP contribution in [-0.4, -0.2) is 26.0 Å². The van der Waals surface area contributed by atoms with E-state index >= 15 is 0 Å². The maximum atomic E-state index is 5.19. The SMILES string of the molecule is INCCC1OCCO1. The monoisotopic (exact) mass is 243 g/mol. The van der Waals surface area contributed by atoms with Crippen LogP contribution < -0.4 is 3.53 Å². The fourth-order valence-electron chi connectivity index (χ4n) is 0.746. The normalized spacial score (nSPS) is 21.0. The summed E-state index contributed by atoms with van der Waals surface area (Å²) in [4.78, 5) is 0. The van der Waals surface area contributed by atoms with Gasteiger partial charge in [0.15, 0.2) is 6.29 Å². The number of nitrogens with one attached hydrogen (secondary N) is 1. The predicted octanol–water partition coefficient (Wildman–Crippen LogP) is 0.689. The van der Waals surface area contributed by atoms with E-state index in [4.69, 9.17) is 9.47 Å². The van der Waals surface area contributed by atoms with Crippen molar-refractivity contribution >= 4 is 22.9 Å². The van der Waals surface area contributed by atoms with Crippen LogP contribution in [0.3, 0.4) is 0 Å². The first-order valence-electron chi connectivity index (χ1n) is 3.00. The molecule has 1 aliphatic rings. The number of ether oxygens (including phenoxy) is 2. The van der Waals surface area contributed by atoms with Crippen LogP contribution in [0, 0.1) is 0 Å². The van der Waals surface area contributed by atoms with E-state index in [1.807, 2.05) is 0 Å². The van der Waals surface area contributed by atoms with Gasteiger partial charge in [-0.15, -0.1) is 0 Å². The van der Waals surface area contributed by atoms with Crippen LogP contribution >= 0.6 is 22.9 Å². The minimum Gasteiger partial charge on any atom is -0.350 e. The molecule has 9 heavy (non-hydrogen) atoms. The number of rotatable bonds is 3. The molecule has 0 radical (unpaired) electrons. The van der Waals surface area contributed by atoms with Gasteiger partial charge in [-0.2, -0.15) is 0 Å². The van der Waals surface area contributed by atoms with Crippen LogP contribution in [0.2, 0.25) is 0 Å². The molecule has 0 aromatic carbocycles. The van der Waals surface area contributed by atoms with Gasteiger partial charge in [0.05, 0.1) is 13.2 Å². The Morgan fingerprint density at radius 3 is 2.67 bits per heavy atom. The van der Waals surface area contributed by atoms with E-state index < -0.39 is 0 Å². The molecule has 1 heterocycles. The van der Waals surface area contributed by atoms with Gasteiger partial charge in [-0.05, 0) is 0 Å². The molecular weight excluding hydrogens is 233 g/mol. The molecule has 4 heteroatoms. The first kappa shape index (κ1) is 7.71. The molecule has 3 nitrogen and oxygen atoms in total. The number of hydrogen-bond acceptors (Lipinski definition) is 3. The lowest BCUT2D eigenvalue weighted by Crippen LogP contribution is -2.13. The highest BCUT2D eigenvalue weighted by Gasteiger charge is 2.13. The van der Waals surface area contributed by atoms with Crippen LogP contribution in [0.1, 0.15) is 6.42 Å². The summed E-state index contributed by atoms with van der Waals surface area (Å²) in [5, 5.41) is 0. The highest BCUT2D eigenvalue weighted by molar-refractivity contribution is 14.1. The lowest BCUT2D eigenvalue weighted by molar-refractivity contribution is -0.0449. The van der Waals surface area contributed by atoms with Crippen molar-refractivity contribution in [2.75, 3.05) is 19.8 Å². The van der Waals surface area contributed by atoms with E-state index in [1.54, 1.807) is 0 Å². The van der Waals surface area contributed by atoms with Crippen molar-refractivity contribution in [3.63, 3.8) is 0 Å². The smallest absolute Gasteiger partial charge is 0.159 e. The van der Waals surface area contributed by atoms with Crippen molar-refractivity contribution < 1.29 is 9.47 Å². The van der Waals surface area contributed by atoms with E-state index in [0.717, 1.165) is 26.2 Å². The minimum atomic E-state index is 0.0484. The Morgan fingerprint density at radius 2 is 2.11 bits per heavy atom. The van der Waals surface area contributed by atoms with Gasteiger partial charge in [0.25, 0.3) is 0 Å². The molecule has 1 fully saturated rings. The second kappa shape index (κ2) is 4.43. The molecule has 0 aromatic rings. The van der Waals surface area contributed by atoms with Crippen molar-refractivity contribution in [3.8, 4) is 0 Å². The van der Waals surface area contributed by atoms with Crippen molar-refractivity contribution in [2.24, 2.45) is 0 Å². The Balaban J connectivity index is 1.98. The Labute approximate surface area is 68.6 Å². The zero-order valence-electron chi connectivity index (χ0n) is 5.10. The van der Waals surface area contributed by atoms with E-state index in [9.17, 15) is 0 Å². The molecule has 0 bridgehead atoms. The summed E-state index contributed by atoms with van der Waals surface area (Å²) < 4.78 is 13.4. The molecule has 1 saturated heterocycles. The third-order valence-corrected chi connectivity index (χ3v) is 1.70. The average molecular weight is 243 g/mol. The number of halogens is 1. The maximum Gasteiger partial charge on any atom is 0.159 e. The quantitative estimate of drug-likeness (QED) is 0.584. The minimum absolute atomic E-state index is 0.0484. The molecule has 0 aromatic heterocycles. The maximum absolute atomic E-state index is 5.19. The van der Waals surface area contributed by atoms with Crippen LogP contribution in [0.5, 0.6) is 0 Å². The highest BCUT2D eigenvalue weighted by Crippen LogP contribution is 2.06. The van der Waals surface area contributed by atoms with E-state index in [2.05, 4.69) is 26.4 Å². The Bertz CT molecular complexity index is 75.4. The predicted molar refractivity (Wildman–Crippen MR) is 42.3 cm³/mol. The van der Waals surface area contributed by atoms with Crippen molar-refractivity contribution in [1.29, 1.82) is 0 Å². The number of hydrogen-bond donors (Lipinski definition) is 1.